The van der Waals surface area contributed by atoms with Crippen LogP contribution in [0.2, 0.25) is 5.02 Å². The first-order valence-corrected chi connectivity index (χ1v) is 8.67. The van der Waals surface area contributed by atoms with Crippen LogP contribution in [0.1, 0.15) is 33.1 Å². The predicted octanol–water partition coefficient (Wildman–Crippen LogP) is 4.11. The van der Waals surface area contributed by atoms with Gasteiger partial charge in [-0.1, -0.05) is 54.1 Å². The van der Waals surface area contributed by atoms with Gasteiger partial charge in [-0.2, -0.15) is 0 Å². The molecule has 5 heteroatoms. The summed E-state index contributed by atoms with van der Waals surface area (Å²) in [5, 5.41) is 0.547. The van der Waals surface area contributed by atoms with Gasteiger partial charge >= 0.3 is 0 Å². The van der Waals surface area contributed by atoms with Gasteiger partial charge in [-0.05, 0) is 30.7 Å². The summed E-state index contributed by atoms with van der Waals surface area (Å²) >= 11 is 6.15. The number of ether oxygens (including phenoxy) is 1. The van der Waals surface area contributed by atoms with E-state index in [-0.39, 0.29) is 11.3 Å². The summed E-state index contributed by atoms with van der Waals surface area (Å²) in [6.07, 6.45) is -0.811. The lowest BCUT2D eigenvalue weighted by Gasteiger charge is -2.18. The number of aromatic nitrogens is 1. The van der Waals surface area contributed by atoms with Crippen molar-refractivity contribution in [3.05, 3.63) is 98.4 Å². The van der Waals surface area contributed by atoms with Crippen molar-refractivity contribution in [2.24, 2.45) is 0 Å². The largest absolute Gasteiger partial charge is 0.481 e. The third-order valence-electron chi connectivity index (χ3n) is 4.56. The van der Waals surface area contributed by atoms with Crippen LogP contribution >= 0.6 is 11.6 Å². The van der Waals surface area contributed by atoms with Crippen molar-refractivity contribution in [2.75, 3.05) is 0 Å². The highest BCUT2D eigenvalue weighted by Gasteiger charge is 2.42. The molecule has 1 N–H and O–H groups in total. The molecule has 26 heavy (non-hydrogen) atoms. The number of Topliss-reactive ketones (excluding diaryl/α,β-unsaturated/α-hetero) is 1. The maximum atomic E-state index is 13.1. The van der Waals surface area contributed by atoms with Crippen LogP contribution in [0.4, 0.5) is 0 Å². The Morgan fingerprint density at radius 1 is 1.08 bits per heavy atom. The molecule has 0 aliphatic carbocycles. The van der Waals surface area contributed by atoms with E-state index in [9.17, 15) is 9.59 Å². The van der Waals surface area contributed by atoms with Gasteiger partial charge < -0.3 is 9.72 Å². The minimum atomic E-state index is -0.811. The molecule has 0 saturated carbocycles. The highest BCUT2D eigenvalue weighted by Crippen LogP contribution is 2.42. The van der Waals surface area contributed by atoms with Crippen LogP contribution in [0.5, 0.6) is 5.75 Å². The minimum Gasteiger partial charge on any atom is -0.481 e. The lowest BCUT2D eigenvalue weighted by Crippen LogP contribution is -2.31. The maximum absolute atomic E-state index is 13.1. The lowest BCUT2D eigenvalue weighted by atomic mass is 9.85. The van der Waals surface area contributed by atoms with Crippen molar-refractivity contribution in [2.45, 2.75) is 18.9 Å². The molecular formula is C21H16ClNO3. The fraction of sp³-hybridized carbons (Fsp3) is 0.143. The Labute approximate surface area is 155 Å². The zero-order valence-electron chi connectivity index (χ0n) is 14.0. The van der Waals surface area contributed by atoms with Gasteiger partial charge in [0.15, 0.2) is 6.10 Å². The van der Waals surface area contributed by atoms with Gasteiger partial charge in [0, 0.05) is 16.3 Å². The standard InChI is InChI=1S/C21H16ClNO3/c1-12-10-16-18(21(25)23-12)17(14-8-5-9-15(22)11-14)20(26-16)19(24)13-6-3-2-4-7-13/h2-11,17,20H,1H3,(H,23,25). The first-order valence-electron chi connectivity index (χ1n) is 8.30. The van der Waals surface area contributed by atoms with E-state index in [1.165, 1.54) is 0 Å². The molecule has 2 aromatic carbocycles. The highest BCUT2D eigenvalue weighted by atomic mass is 35.5. The van der Waals surface area contributed by atoms with Gasteiger partial charge in [0.05, 0.1) is 11.5 Å². The number of halogens is 1. The normalized spacial score (nSPS) is 18.2. The quantitative estimate of drug-likeness (QED) is 0.710. The topological polar surface area (TPSA) is 59.2 Å². The second-order valence-electron chi connectivity index (χ2n) is 6.36. The molecule has 2 unspecified atom stereocenters. The Morgan fingerprint density at radius 3 is 2.58 bits per heavy atom. The van der Waals surface area contributed by atoms with Crippen molar-refractivity contribution in [3.8, 4) is 5.75 Å². The Morgan fingerprint density at radius 2 is 1.85 bits per heavy atom. The molecular weight excluding hydrogens is 350 g/mol. The molecule has 0 amide bonds. The van der Waals surface area contributed by atoms with Crippen LogP contribution in [0.25, 0.3) is 0 Å². The molecule has 4 rings (SSSR count). The monoisotopic (exact) mass is 365 g/mol. The molecule has 130 valence electrons. The fourth-order valence-corrected chi connectivity index (χ4v) is 3.63. The van der Waals surface area contributed by atoms with E-state index < -0.39 is 12.0 Å². The number of rotatable bonds is 3. The van der Waals surface area contributed by atoms with Crippen LogP contribution < -0.4 is 10.3 Å². The van der Waals surface area contributed by atoms with Gasteiger partial charge in [0.25, 0.3) is 5.56 Å². The number of fused-ring (bicyclic) bond motifs is 1. The Hall–Kier alpha value is -2.85. The molecule has 4 nitrogen and oxygen atoms in total. The molecule has 0 spiro atoms. The number of aromatic amines is 1. The average Bonchev–Trinajstić information content (AvgIpc) is 3.01. The summed E-state index contributed by atoms with van der Waals surface area (Å²) in [5.74, 6) is -0.227. The van der Waals surface area contributed by atoms with Gasteiger partial charge in [0.1, 0.15) is 5.75 Å². The number of ketones is 1. The van der Waals surface area contributed by atoms with Crippen molar-refractivity contribution in [3.63, 3.8) is 0 Å². The van der Waals surface area contributed by atoms with Crippen molar-refractivity contribution < 1.29 is 9.53 Å². The predicted molar refractivity (Wildman–Crippen MR) is 100 cm³/mol. The number of hydrogen-bond acceptors (Lipinski definition) is 3. The maximum Gasteiger partial charge on any atom is 0.255 e. The highest BCUT2D eigenvalue weighted by molar-refractivity contribution is 6.30. The molecule has 3 aromatic rings. The van der Waals surface area contributed by atoms with E-state index in [0.29, 0.717) is 27.6 Å². The van der Waals surface area contributed by atoms with E-state index in [0.717, 1.165) is 5.56 Å². The molecule has 0 saturated heterocycles. The van der Waals surface area contributed by atoms with Crippen LogP contribution in [0.3, 0.4) is 0 Å². The molecule has 1 aliphatic rings. The molecule has 0 bridgehead atoms. The summed E-state index contributed by atoms with van der Waals surface area (Å²) in [5.41, 5.74) is 2.23. The van der Waals surface area contributed by atoms with E-state index >= 15 is 0 Å². The summed E-state index contributed by atoms with van der Waals surface area (Å²) in [4.78, 5) is 28.5. The first kappa shape index (κ1) is 16.6. The summed E-state index contributed by atoms with van der Waals surface area (Å²) in [7, 11) is 0. The number of nitrogens with one attached hydrogen (secondary N) is 1. The summed E-state index contributed by atoms with van der Waals surface area (Å²) in [6.45, 7) is 1.78. The smallest absolute Gasteiger partial charge is 0.255 e. The number of carbonyl (C=O) groups is 1. The third kappa shape index (κ3) is 2.82. The molecule has 0 radical (unpaired) electrons. The lowest BCUT2D eigenvalue weighted by molar-refractivity contribution is 0.0806. The van der Waals surface area contributed by atoms with Crippen molar-refractivity contribution in [1.29, 1.82) is 0 Å². The second-order valence-corrected chi connectivity index (χ2v) is 6.80. The molecule has 2 atom stereocenters. The number of hydrogen-bond donors (Lipinski definition) is 1. The fourth-order valence-electron chi connectivity index (χ4n) is 3.43. The number of benzene rings is 2. The Bertz CT molecular complexity index is 1040. The molecule has 2 heterocycles. The van der Waals surface area contributed by atoms with E-state index in [2.05, 4.69) is 4.98 Å². The van der Waals surface area contributed by atoms with Crippen LogP contribution in [0.15, 0.2) is 65.5 Å². The first-order chi connectivity index (χ1) is 12.5. The van der Waals surface area contributed by atoms with Crippen LogP contribution in [-0.4, -0.2) is 16.9 Å². The zero-order valence-corrected chi connectivity index (χ0v) is 14.8. The third-order valence-corrected chi connectivity index (χ3v) is 4.80. The van der Waals surface area contributed by atoms with Gasteiger partial charge in [0.2, 0.25) is 5.78 Å². The van der Waals surface area contributed by atoms with Gasteiger partial charge in [-0.3, -0.25) is 9.59 Å². The van der Waals surface area contributed by atoms with Gasteiger partial charge in [-0.15, -0.1) is 0 Å². The van der Waals surface area contributed by atoms with E-state index in [1.54, 1.807) is 49.4 Å². The van der Waals surface area contributed by atoms with E-state index in [4.69, 9.17) is 16.3 Å². The summed E-state index contributed by atoms with van der Waals surface area (Å²) < 4.78 is 5.98. The van der Waals surface area contributed by atoms with E-state index in [1.807, 2.05) is 18.2 Å². The van der Waals surface area contributed by atoms with Crippen molar-refractivity contribution in [1.82, 2.24) is 4.98 Å². The molecule has 1 aromatic heterocycles. The Balaban J connectivity index is 1.87. The molecule has 0 fully saturated rings. The number of pyridine rings is 1. The summed E-state index contributed by atoms with van der Waals surface area (Å²) in [6, 6.07) is 17.9. The zero-order chi connectivity index (χ0) is 18.3. The van der Waals surface area contributed by atoms with Crippen molar-refractivity contribution >= 4 is 17.4 Å². The minimum absolute atomic E-state index is 0.163. The van der Waals surface area contributed by atoms with Gasteiger partial charge in [-0.25, -0.2) is 0 Å². The number of aryl methyl sites for hydroxylation is 1. The number of carbonyl (C=O) groups excluding carboxylic acids is 1. The molecule has 1 aliphatic heterocycles. The SMILES string of the molecule is Cc1cc2c(c(=O)[nH]1)C(c1cccc(Cl)c1)C(C(=O)c1ccccc1)O2. The second kappa shape index (κ2) is 6.46. The van der Waals surface area contributed by atoms with Crippen LogP contribution in [0, 0.1) is 6.92 Å². The van der Waals surface area contributed by atoms with Crippen LogP contribution in [-0.2, 0) is 0 Å². The Kier molecular flexibility index (Phi) is 4.13. The number of H-pyrrole nitrogens is 1. The average molecular weight is 366 g/mol.